The van der Waals surface area contributed by atoms with Crippen LogP contribution in [0.5, 0.6) is 0 Å². The Bertz CT molecular complexity index is 201. The quantitative estimate of drug-likeness (QED) is 0.661. The molecule has 2 saturated carbocycles. The van der Waals surface area contributed by atoms with Crippen LogP contribution in [0.25, 0.3) is 0 Å². The molecule has 2 aliphatic rings. The molecule has 0 bridgehead atoms. The molecule has 2 rings (SSSR count). The molecule has 0 radical (unpaired) electrons. The summed E-state index contributed by atoms with van der Waals surface area (Å²) in [5, 5.41) is 3.67. The first-order valence-electron chi connectivity index (χ1n) is 6.92. The lowest BCUT2D eigenvalue weighted by atomic mass is 9.71. The minimum absolute atomic E-state index is 0.664. The molecular formula is C14H27N. The second-order valence-electron chi connectivity index (χ2n) is 6.01. The maximum absolute atomic E-state index is 3.67. The van der Waals surface area contributed by atoms with Crippen LogP contribution < -0.4 is 5.32 Å². The maximum atomic E-state index is 3.67. The van der Waals surface area contributed by atoms with Crippen molar-refractivity contribution in [3.63, 3.8) is 0 Å². The van der Waals surface area contributed by atoms with Crippen molar-refractivity contribution in [2.24, 2.45) is 23.2 Å². The molecule has 0 spiro atoms. The average molecular weight is 209 g/mol. The number of rotatable bonds is 6. The predicted molar refractivity (Wildman–Crippen MR) is 65.9 cm³/mol. The minimum Gasteiger partial charge on any atom is -0.316 e. The van der Waals surface area contributed by atoms with Crippen molar-refractivity contribution in [2.45, 2.75) is 52.9 Å². The smallest absolute Gasteiger partial charge is 0.00106 e. The molecule has 15 heavy (non-hydrogen) atoms. The van der Waals surface area contributed by atoms with Crippen molar-refractivity contribution < 1.29 is 0 Å². The van der Waals surface area contributed by atoms with E-state index in [9.17, 15) is 0 Å². The van der Waals surface area contributed by atoms with Crippen LogP contribution in [0.1, 0.15) is 52.9 Å². The van der Waals surface area contributed by atoms with Gasteiger partial charge in [0.25, 0.3) is 0 Å². The highest BCUT2D eigenvalue weighted by molar-refractivity contribution is 5.05. The van der Waals surface area contributed by atoms with Crippen LogP contribution in [0.4, 0.5) is 0 Å². The Balaban J connectivity index is 1.90. The van der Waals surface area contributed by atoms with Gasteiger partial charge in [-0.15, -0.1) is 0 Å². The first kappa shape index (κ1) is 11.4. The van der Waals surface area contributed by atoms with E-state index in [2.05, 4.69) is 26.1 Å². The summed E-state index contributed by atoms with van der Waals surface area (Å²) >= 11 is 0. The summed E-state index contributed by atoms with van der Waals surface area (Å²) in [5.41, 5.74) is 0.664. The van der Waals surface area contributed by atoms with Gasteiger partial charge in [-0.2, -0.15) is 0 Å². The lowest BCUT2D eigenvalue weighted by Crippen LogP contribution is -2.38. The largest absolute Gasteiger partial charge is 0.316 e. The van der Waals surface area contributed by atoms with Crippen molar-refractivity contribution >= 4 is 0 Å². The fourth-order valence-corrected chi connectivity index (χ4v) is 3.61. The Morgan fingerprint density at radius 1 is 1.27 bits per heavy atom. The van der Waals surface area contributed by atoms with Gasteiger partial charge in [-0.3, -0.25) is 0 Å². The number of nitrogens with one attached hydrogen (secondary N) is 1. The molecule has 0 aromatic rings. The van der Waals surface area contributed by atoms with E-state index in [0.717, 1.165) is 17.8 Å². The Morgan fingerprint density at radius 2 is 1.93 bits per heavy atom. The molecule has 0 saturated heterocycles. The fourth-order valence-electron chi connectivity index (χ4n) is 3.61. The molecular weight excluding hydrogens is 182 g/mol. The topological polar surface area (TPSA) is 12.0 Å². The zero-order chi connectivity index (χ0) is 10.9. The molecule has 2 fully saturated rings. The van der Waals surface area contributed by atoms with Crippen LogP contribution in [0, 0.1) is 23.2 Å². The molecule has 1 N–H and O–H groups in total. The highest BCUT2D eigenvalue weighted by Gasteiger charge is 2.54. The normalized spacial score (nSPS) is 40.2. The molecule has 0 heterocycles. The summed E-state index contributed by atoms with van der Waals surface area (Å²) in [6, 6.07) is 0. The van der Waals surface area contributed by atoms with E-state index in [1.807, 2.05) is 0 Å². The van der Waals surface area contributed by atoms with Gasteiger partial charge in [0.15, 0.2) is 0 Å². The van der Waals surface area contributed by atoms with Gasteiger partial charge in [0.05, 0.1) is 0 Å². The predicted octanol–water partition coefficient (Wildman–Crippen LogP) is 3.45. The molecule has 1 nitrogen and oxygen atoms in total. The van der Waals surface area contributed by atoms with Crippen molar-refractivity contribution in [2.75, 3.05) is 13.1 Å². The van der Waals surface area contributed by atoms with Gasteiger partial charge in [0, 0.05) is 6.54 Å². The Hall–Kier alpha value is -0.0400. The first-order chi connectivity index (χ1) is 7.22. The number of hydrogen-bond donors (Lipinski definition) is 1. The van der Waals surface area contributed by atoms with Crippen LogP contribution in [0.2, 0.25) is 0 Å². The van der Waals surface area contributed by atoms with Crippen LogP contribution in [0.15, 0.2) is 0 Å². The molecule has 0 amide bonds. The Labute approximate surface area is 95.0 Å². The van der Waals surface area contributed by atoms with E-state index < -0.39 is 0 Å². The summed E-state index contributed by atoms with van der Waals surface area (Å²) in [4.78, 5) is 0. The lowest BCUT2D eigenvalue weighted by Gasteiger charge is -2.37. The SMILES string of the molecule is CCCNCC1(C(C)CC)CC2CC2C1. The third-order valence-electron chi connectivity index (χ3n) is 4.97. The van der Waals surface area contributed by atoms with E-state index in [-0.39, 0.29) is 0 Å². The molecule has 88 valence electrons. The highest BCUT2D eigenvalue weighted by Crippen LogP contribution is 2.62. The van der Waals surface area contributed by atoms with Crippen LogP contribution >= 0.6 is 0 Å². The standard InChI is InChI=1S/C14H27N/c1-4-6-15-10-14(11(3)5-2)8-12-7-13(12)9-14/h11-13,15H,4-10H2,1-3H3. The van der Waals surface area contributed by atoms with Gasteiger partial charge in [-0.1, -0.05) is 27.2 Å². The minimum atomic E-state index is 0.664. The van der Waals surface area contributed by atoms with E-state index in [1.54, 1.807) is 6.42 Å². The second-order valence-corrected chi connectivity index (χ2v) is 6.01. The van der Waals surface area contributed by atoms with Crippen molar-refractivity contribution in [3.05, 3.63) is 0 Å². The molecule has 0 aromatic heterocycles. The summed E-state index contributed by atoms with van der Waals surface area (Å²) in [7, 11) is 0. The molecule has 0 aliphatic heterocycles. The van der Waals surface area contributed by atoms with E-state index in [0.29, 0.717) is 5.41 Å². The molecule has 0 aromatic carbocycles. The molecule has 3 atom stereocenters. The third-order valence-corrected chi connectivity index (χ3v) is 4.97. The van der Waals surface area contributed by atoms with E-state index in [1.165, 1.54) is 38.8 Å². The van der Waals surface area contributed by atoms with Gasteiger partial charge in [-0.05, 0) is 55.4 Å². The molecule has 3 unspecified atom stereocenters. The first-order valence-corrected chi connectivity index (χ1v) is 6.92. The van der Waals surface area contributed by atoms with Crippen molar-refractivity contribution in [1.29, 1.82) is 0 Å². The number of hydrogen-bond acceptors (Lipinski definition) is 1. The maximum Gasteiger partial charge on any atom is 0.00106 e. The van der Waals surface area contributed by atoms with Crippen molar-refractivity contribution in [3.8, 4) is 0 Å². The second kappa shape index (κ2) is 4.45. The molecule has 1 heteroatoms. The molecule has 2 aliphatic carbocycles. The Kier molecular flexibility index (Phi) is 3.39. The third kappa shape index (κ3) is 2.22. The van der Waals surface area contributed by atoms with Crippen LogP contribution in [-0.2, 0) is 0 Å². The van der Waals surface area contributed by atoms with Crippen molar-refractivity contribution in [1.82, 2.24) is 5.32 Å². The van der Waals surface area contributed by atoms with Crippen LogP contribution in [0.3, 0.4) is 0 Å². The van der Waals surface area contributed by atoms with E-state index >= 15 is 0 Å². The summed E-state index contributed by atoms with van der Waals surface area (Å²) < 4.78 is 0. The Morgan fingerprint density at radius 3 is 2.47 bits per heavy atom. The van der Waals surface area contributed by atoms with Crippen LogP contribution in [-0.4, -0.2) is 13.1 Å². The van der Waals surface area contributed by atoms with Gasteiger partial charge in [0.1, 0.15) is 0 Å². The lowest BCUT2D eigenvalue weighted by molar-refractivity contribution is 0.150. The summed E-state index contributed by atoms with van der Waals surface area (Å²) in [5.74, 6) is 3.14. The summed E-state index contributed by atoms with van der Waals surface area (Å²) in [6.07, 6.45) is 7.20. The zero-order valence-electron chi connectivity index (χ0n) is 10.7. The zero-order valence-corrected chi connectivity index (χ0v) is 10.7. The fraction of sp³-hybridized carbons (Fsp3) is 1.00. The van der Waals surface area contributed by atoms with Gasteiger partial charge in [0.2, 0.25) is 0 Å². The summed E-state index contributed by atoms with van der Waals surface area (Å²) in [6.45, 7) is 9.57. The van der Waals surface area contributed by atoms with E-state index in [4.69, 9.17) is 0 Å². The van der Waals surface area contributed by atoms with Gasteiger partial charge in [-0.25, -0.2) is 0 Å². The van der Waals surface area contributed by atoms with Gasteiger partial charge < -0.3 is 5.32 Å². The van der Waals surface area contributed by atoms with Gasteiger partial charge >= 0.3 is 0 Å². The average Bonchev–Trinajstić information content (AvgIpc) is 2.86. The number of fused-ring (bicyclic) bond motifs is 1. The monoisotopic (exact) mass is 209 g/mol. The highest BCUT2D eigenvalue weighted by atomic mass is 14.9.